The Bertz CT molecular complexity index is 1240. The minimum Gasteiger partial charge on any atom is -0.462 e. The molecule has 0 bridgehead atoms. The number of hydrogen-bond acceptors (Lipinski definition) is 8. The van der Waals surface area contributed by atoms with Crippen molar-refractivity contribution in [3.63, 3.8) is 0 Å². The number of hydrogen-bond donors (Lipinski definition) is 1. The molecule has 3 aromatic rings. The average molecular weight is 498 g/mol. The second-order valence-electron chi connectivity index (χ2n) is 8.01. The number of rotatable bonds is 10. The summed E-state index contributed by atoms with van der Waals surface area (Å²) < 4.78 is 41.1. The maximum atomic E-state index is 12.9. The van der Waals surface area contributed by atoms with Crippen LogP contribution in [0, 0.1) is 0 Å². The van der Waals surface area contributed by atoms with Crippen LogP contribution in [-0.2, 0) is 35.8 Å². The van der Waals surface area contributed by atoms with E-state index < -0.39 is 40.1 Å². The average Bonchev–Trinajstić information content (AvgIpc) is 2.83. The predicted molar refractivity (Wildman–Crippen MR) is 129 cm³/mol. The van der Waals surface area contributed by atoms with E-state index in [1.165, 1.54) is 30.3 Å². The quantitative estimate of drug-likeness (QED) is 0.333. The molecule has 0 heterocycles. The molecular formula is C26H27NO7S. The molecule has 2 unspecified atom stereocenters. The summed E-state index contributed by atoms with van der Waals surface area (Å²) in [5.74, 6) is -2.84. The SMILES string of the molecule is CC(C)OC(=O)C(c1cccc(OS(=O)(=O)c2ccccc2)c1)C(N)C(=O)OCc1ccccc1. The lowest BCUT2D eigenvalue weighted by molar-refractivity contribution is -0.156. The zero-order chi connectivity index (χ0) is 25.4. The molecule has 0 amide bonds. The Morgan fingerprint density at radius 3 is 2.11 bits per heavy atom. The van der Waals surface area contributed by atoms with Gasteiger partial charge in [-0.1, -0.05) is 60.7 Å². The first kappa shape index (κ1) is 25.9. The van der Waals surface area contributed by atoms with Crippen LogP contribution in [0.25, 0.3) is 0 Å². The van der Waals surface area contributed by atoms with Crippen LogP contribution in [0.5, 0.6) is 5.75 Å². The van der Waals surface area contributed by atoms with Crippen LogP contribution in [-0.4, -0.2) is 32.5 Å². The van der Waals surface area contributed by atoms with Gasteiger partial charge in [-0.15, -0.1) is 0 Å². The molecule has 3 aromatic carbocycles. The largest absolute Gasteiger partial charge is 0.462 e. The van der Waals surface area contributed by atoms with Gasteiger partial charge >= 0.3 is 22.1 Å². The van der Waals surface area contributed by atoms with Crippen LogP contribution in [0.1, 0.15) is 30.9 Å². The third kappa shape index (κ3) is 7.14. The first-order valence-electron chi connectivity index (χ1n) is 10.9. The third-order valence-electron chi connectivity index (χ3n) is 4.92. The Balaban J connectivity index is 1.85. The summed E-state index contributed by atoms with van der Waals surface area (Å²) in [6.07, 6.45) is -0.463. The van der Waals surface area contributed by atoms with Crippen molar-refractivity contribution < 1.29 is 31.7 Å². The van der Waals surface area contributed by atoms with Gasteiger partial charge in [0.2, 0.25) is 0 Å². The summed E-state index contributed by atoms with van der Waals surface area (Å²) >= 11 is 0. The number of ether oxygens (including phenoxy) is 2. The van der Waals surface area contributed by atoms with Crippen molar-refractivity contribution in [2.24, 2.45) is 5.73 Å². The topological polar surface area (TPSA) is 122 Å². The lowest BCUT2D eigenvalue weighted by Gasteiger charge is -2.23. The fourth-order valence-electron chi connectivity index (χ4n) is 3.28. The normalized spacial score (nSPS) is 13.0. The predicted octanol–water partition coefficient (Wildman–Crippen LogP) is 3.56. The number of carbonyl (C=O) groups excluding carboxylic acids is 2. The van der Waals surface area contributed by atoms with E-state index in [9.17, 15) is 18.0 Å². The monoisotopic (exact) mass is 497 g/mol. The van der Waals surface area contributed by atoms with Gasteiger partial charge in [-0.2, -0.15) is 8.42 Å². The summed E-state index contributed by atoms with van der Waals surface area (Å²) in [5.41, 5.74) is 7.18. The van der Waals surface area contributed by atoms with E-state index in [1.54, 1.807) is 62.4 Å². The summed E-state index contributed by atoms with van der Waals surface area (Å²) in [5, 5.41) is 0. The van der Waals surface area contributed by atoms with E-state index in [-0.39, 0.29) is 22.8 Å². The van der Waals surface area contributed by atoms with Crippen LogP contribution in [0.4, 0.5) is 0 Å². The van der Waals surface area contributed by atoms with Crippen molar-refractivity contribution in [2.75, 3.05) is 0 Å². The van der Waals surface area contributed by atoms with E-state index >= 15 is 0 Å². The summed E-state index contributed by atoms with van der Waals surface area (Å²) in [6, 6.07) is 21.1. The Kier molecular flexibility index (Phi) is 8.62. The molecule has 2 atom stereocenters. The Labute approximate surface area is 204 Å². The molecule has 8 nitrogen and oxygen atoms in total. The maximum absolute atomic E-state index is 12.9. The molecule has 0 aliphatic carbocycles. The van der Waals surface area contributed by atoms with Gasteiger partial charge in [-0.25, -0.2) is 0 Å². The van der Waals surface area contributed by atoms with Crippen LogP contribution in [0.2, 0.25) is 0 Å². The lowest BCUT2D eigenvalue weighted by atomic mass is 9.91. The first-order valence-corrected chi connectivity index (χ1v) is 12.3. The van der Waals surface area contributed by atoms with Crippen LogP contribution >= 0.6 is 0 Å². The van der Waals surface area contributed by atoms with Crippen molar-refractivity contribution in [3.05, 3.63) is 96.1 Å². The Morgan fingerprint density at radius 2 is 1.49 bits per heavy atom. The molecule has 0 aliphatic heterocycles. The first-order chi connectivity index (χ1) is 16.7. The molecule has 0 radical (unpaired) electrons. The molecule has 0 saturated heterocycles. The van der Waals surface area contributed by atoms with E-state index in [1.807, 2.05) is 6.07 Å². The van der Waals surface area contributed by atoms with Gasteiger partial charge in [0.1, 0.15) is 29.2 Å². The molecule has 184 valence electrons. The molecule has 0 fully saturated rings. The molecule has 0 spiro atoms. The minimum atomic E-state index is -4.11. The Morgan fingerprint density at radius 1 is 0.857 bits per heavy atom. The second-order valence-corrected chi connectivity index (χ2v) is 9.55. The molecular weight excluding hydrogens is 470 g/mol. The smallest absolute Gasteiger partial charge is 0.339 e. The van der Waals surface area contributed by atoms with Gasteiger partial charge < -0.3 is 19.4 Å². The zero-order valence-corrected chi connectivity index (χ0v) is 20.2. The van der Waals surface area contributed by atoms with Crippen LogP contribution in [0.3, 0.4) is 0 Å². The van der Waals surface area contributed by atoms with Gasteiger partial charge in [0, 0.05) is 0 Å². The minimum absolute atomic E-state index is 0.0161. The highest BCUT2D eigenvalue weighted by Crippen LogP contribution is 2.27. The van der Waals surface area contributed by atoms with Crippen molar-refractivity contribution in [2.45, 2.75) is 43.4 Å². The molecule has 35 heavy (non-hydrogen) atoms. The highest BCUT2D eigenvalue weighted by atomic mass is 32.2. The van der Waals surface area contributed by atoms with E-state index in [0.29, 0.717) is 0 Å². The standard InChI is InChI=1S/C26H27NO7S/c1-18(2)33-25(28)23(24(27)26(29)32-17-19-10-5-3-6-11-19)20-12-9-13-21(16-20)34-35(30,31)22-14-7-4-8-15-22/h3-16,18,23-24H,17,27H2,1-2H3. The fourth-order valence-corrected chi connectivity index (χ4v) is 4.22. The molecule has 3 rings (SSSR count). The van der Waals surface area contributed by atoms with Crippen molar-refractivity contribution in [1.82, 2.24) is 0 Å². The molecule has 0 aliphatic rings. The van der Waals surface area contributed by atoms with Crippen LogP contribution < -0.4 is 9.92 Å². The molecule has 0 aromatic heterocycles. The summed E-state index contributed by atoms with van der Waals surface area (Å²) in [4.78, 5) is 25.6. The van der Waals surface area contributed by atoms with Gasteiger partial charge in [-0.05, 0) is 49.2 Å². The Hall–Kier alpha value is -3.69. The highest BCUT2D eigenvalue weighted by molar-refractivity contribution is 7.87. The van der Waals surface area contributed by atoms with Crippen molar-refractivity contribution in [3.8, 4) is 5.75 Å². The van der Waals surface area contributed by atoms with Crippen LogP contribution in [0.15, 0.2) is 89.8 Å². The molecule has 0 saturated carbocycles. The number of esters is 2. The van der Waals surface area contributed by atoms with Gasteiger partial charge in [0.15, 0.2) is 0 Å². The third-order valence-corrected chi connectivity index (χ3v) is 6.18. The fraction of sp³-hybridized carbons (Fsp3) is 0.231. The lowest BCUT2D eigenvalue weighted by Crippen LogP contribution is -2.42. The number of benzene rings is 3. The summed E-state index contributed by atoms with van der Waals surface area (Å²) in [6.45, 7) is 3.32. The second kappa shape index (κ2) is 11.6. The van der Waals surface area contributed by atoms with Gasteiger partial charge in [0.05, 0.1) is 6.10 Å². The van der Waals surface area contributed by atoms with Crippen molar-refractivity contribution in [1.29, 1.82) is 0 Å². The van der Waals surface area contributed by atoms with Gasteiger partial charge in [0.25, 0.3) is 0 Å². The number of nitrogens with two attached hydrogens (primary N) is 1. The summed E-state index contributed by atoms with van der Waals surface area (Å²) in [7, 11) is -4.11. The van der Waals surface area contributed by atoms with Gasteiger partial charge in [-0.3, -0.25) is 9.59 Å². The molecule has 9 heteroatoms. The highest BCUT2D eigenvalue weighted by Gasteiger charge is 2.35. The molecule has 2 N–H and O–H groups in total. The van der Waals surface area contributed by atoms with E-state index in [0.717, 1.165) is 5.56 Å². The maximum Gasteiger partial charge on any atom is 0.339 e. The zero-order valence-electron chi connectivity index (χ0n) is 19.4. The van der Waals surface area contributed by atoms with E-state index in [2.05, 4.69) is 0 Å². The van der Waals surface area contributed by atoms with E-state index in [4.69, 9.17) is 19.4 Å². The van der Waals surface area contributed by atoms with Crippen molar-refractivity contribution >= 4 is 22.1 Å². The number of carbonyl (C=O) groups is 2.